The fourth-order valence-corrected chi connectivity index (χ4v) is 2.86. The highest BCUT2D eigenvalue weighted by atomic mass is 16.5. The number of hydrogen-bond donors (Lipinski definition) is 2. The summed E-state index contributed by atoms with van der Waals surface area (Å²) < 4.78 is 5.48. The van der Waals surface area contributed by atoms with Crippen molar-refractivity contribution in [2.45, 2.75) is 45.1 Å². The third-order valence-electron chi connectivity index (χ3n) is 4.18. The largest absolute Gasteiger partial charge is 0.481 e. The molecule has 2 rings (SSSR count). The smallest absolute Gasteiger partial charge is 0.308 e. The average Bonchev–Trinajstić information content (AvgIpc) is 3.02. The van der Waals surface area contributed by atoms with Crippen LogP contribution in [0.1, 0.15) is 36.8 Å². The van der Waals surface area contributed by atoms with Crippen LogP contribution in [-0.2, 0) is 20.7 Å². The van der Waals surface area contributed by atoms with E-state index in [0.29, 0.717) is 19.3 Å². The van der Waals surface area contributed by atoms with Crippen molar-refractivity contribution < 1.29 is 19.4 Å². The molecule has 126 valence electrons. The Hall–Kier alpha value is -1.88. The van der Waals surface area contributed by atoms with Crippen molar-refractivity contribution in [3.05, 3.63) is 35.4 Å². The van der Waals surface area contributed by atoms with Gasteiger partial charge in [0, 0.05) is 19.6 Å². The quantitative estimate of drug-likeness (QED) is 0.771. The van der Waals surface area contributed by atoms with Gasteiger partial charge in [-0.2, -0.15) is 0 Å². The Bertz CT molecular complexity index is 538. The summed E-state index contributed by atoms with van der Waals surface area (Å²) in [6, 6.07) is 7.80. The predicted octanol–water partition coefficient (Wildman–Crippen LogP) is 2.31. The minimum Gasteiger partial charge on any atom is -0.481 e. The lowest BCUT2D eigenvalue weighted by Crippen LogP contribution is -2.34. The lowest BCUT2D eigenvalue weighted by Gasteiger charge is -2.14. The number of carboxylic acids is 1. The van der Waals surface area contributed by atoms with Crippen LogP contribution in [0.5, 0.6) is 0 Å². The maximum atomic E-state index is 11.9. The van der Waals surface area contributed by atoms with Crippen LogP contribution in [0.2, 0.25) is 0 Å². The highest BCUT2D eigenvalue weighted by Gasteiger charge is 2.20. The third kappa shape index (κ3) is 6.02. The molecule has 0 aromatic heterocycles. The summed E-state index contributed by atoms with van der Waals surface area (Å²) in [4.78, 5) is 23.3. The van der Waals surface area contributed by atoms with Crippen molar-refractivity contribution in [1.29, 1.82) is 0 Å². The van der Waals surface area contributed by atoms with E-state index in [-0.39, 0.29) is 18.6 Å². The fraction of sp³-hybridized carbons (Fsp3) is 0.556. The van der Waals surface area contributed by atoms with Gasteiger partial charge in [0.15, 0.2) is 0 Å². The first-order valence-electron chi connectivity index (χ1n) is 8.21. The Morgan fingerprint density at radius 2 is 2.26 bits per heavy atom. The molecule has 2 atom stereocenters. The molecular weight excluding hydrogens is 294 g/mol. The predicted molar refractivity (Wildman–Crippen MR) is 87.2 cm³/mol. The van der Waals surface area contributed by atoms with E-state index in [9.17, 15) is 14.7 Å². The number of benzene rings is 1. The van der Waals surface area contributed by atoms with E-state index in [1.54, 1.807) is 0 Å². The molecule has 5 nitrogen and oxygen atoms in total. The highest BCUT2D eigenvalue weighted by molar-refractivity contribution is 5.77. The van der Waals surface area contributed by atoms with Crippen LogP contribution in [0, 0.1) is 12.8 Å². The van der Waals surface area contributed by atoms with Crippen molar-refractivity contribution in [1.82, 2.24) is 5.32 Å². The van der Waals surface area contributed by atoms with Gasteiger partial charge in [-0.25, -0.2) is 0 Å². The standard InChI is InChI=1S/C18H25NO4/c1-13-4-2-5-14(10-13)11-15(18(21)22)12-19-17(20)8-7-16-6-3-9-23-16/h2,4-5,10,15-16H,3,6-9,11-12H2,1H3,(H,19,20)(H,21,22). The Kier molecular flexibility index (Phi) is 6.59. The van der Waals surface area contributed by atoms with Gasteiger partial charge >= 0.3 is 5.97 Å². The number of aliphatic carboxylic acids is 1. The fourth-order valence-electron chi connectivity index (χ4n) is 2.86. The van der Waals surface area contributed by atoms with E-state index in [0.717, 1.165) is 30.6 Å². The molecule has 0 radical (unpaired) electrons. The monoisotopic (exact) mass is 319 g/mol. The molecule has 1 saturated heterocycles. The molecule has 2 unspecified atom stereocenters. The van der Waals surface area contributed by atoms with E-state index in [4.69, 9.17) is 4.74 Å². The number of amides is 1. The first-order chi connectivity index (χ1) is 11.0. The van der Waals surface area contributed by atoms with Gasteiger partial charge in [0.2, 0.25) is 5.91 Å². The maximum Gasteiger partial charge on any atom is 0.308 e. The highest BCUT2D eigenvalue weighted by Crippen LogP contribution is 2.16. The number of hydrogen-bond acceptors (Lipinski definition) is 3. The Balaban J connectivity index is 1.77. The molecule has 0 spiro atoms. The topological polar surface area (TPSA) is 75.6 Å². The van der Waals surface area contributed by atoms with Gasteiger partial charge in [-0.3, -0.25) is 9.59 Å². The zero-order chi connectivity index (χ0) is 16.7. The summed E-state index contributed by atoms with van der Waals surface area (Å²) in [5, 5.41) is 12.1. The molecule has 1 heterocycles. The molecule has 2 N–H and O–H groups in total. The van der Waals surface area contributed by atoms with Gasteiger partial charge in [-0.05, 0) is 38.2 Å². The zero-order valence-electron chi connectivity index (χ0n) is 13.6. The number of carboxylic acid groups (broad SMARTS) is 1. The molecule has 1 aromatic rings. The van der Waals surface area contributed by atoms with Gasteiger partial charge in [0.05, 0.1) is 12.0 Å². The molecule has 1 aliphatic heterocycles. The average molecular weight is 319 g/mol. The third-order valence-corrected chi connectivity index (χ3v) is 4.18. The molecule has 1 fully saturated rings. The first kappa shape index (κ1) is 17.5. The molecule has 0 bridgehead atoms. The van der Waals surface area contributed by atoms with Crippen LogP contribution in [0.15, 0.2) is 24.3 Å². The second-order valence-corrected chi connectivity index (χ2v) is 6.21. The number of ether oxygens (including phenoxy) is 1. The van der Waals surface area contributed by atoms with E-state index in [1.165, 1.54) is 0 Å². The number of rotatable bonds is 8. The normalized spacial score (nSPS) is 18.6. The van der Waals surface area contributed by atoms with Crippen molar-refractivity contribution in [3.8, 4) is 0 Å². The maximum absolute atomic E-state index is 11.9. The molecule has 1 amide bonds. The summed E-state index contributed by atoms with van der Waals surface area (Å²) in [5.41, 5.74) is 2.08. The lowest BCUT2D eigenvalue weighted by atomic mass is 9.98. The van der Waals surface area contributed by atoms with E-state index >= 15 is 0 Å². The number of aryl methyl sites for hydroxylation is 1. The summed E-state index contributed by atoms with van der Waals surface area (Å²) in [5.74, 6) is -1.59. The van der Waals surface area contributed by atoms with Gasteiger partial charge in [0.1, 0.15) is 0 Å². The van der Waals surface area contributed by atoms with Crippen molar-refractivity contribution >= 4 is 11.9 Å². The number of carbonyl (C=O) groups excluding carboxylic acids is 1. The van der Waals surface area contributed by atoms with Crippen molar-refractivity contribution in [2.75, 3.05) is 13.2 Å². The molecule has 1 aliphatic rings. The molecule has 5 heteroatoms. The summed E-state index contributed by atoms with van der Waals surface area (Å²) in [6.07, 6.45) is 3.78. The Morgan fingerprint density at radius 3 is 2.91 bits per heavy atom. The van der Waals surface area contributed by atoms with Crippen LogP contribution >= 0.6 is 0 Å². The molecule has 1 aromatic carbocycles. The van der Waals surface area contributed by atoms with Crippen molar-refractivity contribution in [3.63, 3.8) is 0 Å². The Labute approximate surface area is 137 Å². The van der Waals surface area contributed by atoms with Crippen LogP contribution in [-0.4, -0.2) is 36.2 Å². The SMILES string of the molecule is Cc1cccc(CC(CNC(=O)CCC2CCCO2)C(=O)O)c1. The van der Waals surface area contributed by atoms with Crippen LogP contribution in [0.3, 0.4) is 0 Å². The minimum absolute atomic E-state index is 0.101. The second-order valence-electron chi connectivity index (χ2n) is 6.21. The summed E-state index contributed by atoms with van der Waals surface area (Å²) >= 11 is 0. The van der Waals surface area contributed by atoms with Crippen molar-refractivity contribution in [2.24, 2.45) is 5.92 Å². The lowest BCUT2D eigenvalue weighted by molar-refractivity contribution is -0.141. The molecule has 0 saturated carbocycles. The number of nitrogens with one attached hydrogen (secondary N) is 1. The summed E-state index contributed by atoms with van der Waals surface area (Å²) in [6.45, 7) is 2.92. The van der Waals surface area contributed by atoms with E-state index in [2.05, 4.69) is 5.32 Å². The van der Waals surface area contributed by atoms with Crippen LogP contribution in [0.25, 0.3) is 0 Å². The van der Waals surface area contributed by atoms with Gasteiger partial charge in [-0.15, -0.1) is 0 Å². The Morgan fingerprint density at radius 1 is 1.43 bits per heavy atom. The van der Waals surface area contributed by atoms with Crippen LogP contribution < -0.4 is 5.32 Å². The van der Waals surface area contributed by atoms with Crippen LogP contribution in [0.4, 0.5) is 0 Å². The van der Waals surface area contributed by atoms with E-state index < -0.39 is 11.9 Å². The number of carbonyl (C=O) groups is 2. The van der Waals surface area contributed by atoms with E-state index in [1.807, 2.05) is 31.2 Å². The van der Waals surface area contributed by atoms with Gasteiger partial charge in [-0.1, -0.05) is 29.8 Å². The summed E-state index contributed by atoms with van der Waals surface area (Å²) in [7, 11) is 0. The molecule has 0 aliphatic carbocycles. The van der Waals surface area contributed by atoms with Gasteiger partial charge < -0.3 is 15.2 Å². The molecular formula is C18H25NO4. The minimum atomic E-state index is -0.883. The first-order valence-corrected chi connectivity index (χ1v) is 8.21. The second kappa shape index (κ2) is 8.67. The zero-order valence-corrected chi connectivity index (χ0v) is 13.6. The van der Waals surface area contributed by atoms with Gasteiger partial charge in [0.25, 0.3) is 0 Å². The molecule has 23 heavy (non-hydrogen) atoms.